The van der Waals surface area contributed by atoms with Crippen LogP contribution in [-0.4, -0.2) is 11.9 Å². The number of carbonyl (C=O) groups excluding carboxylic acids is 1. The average Bonchev–Trinajstić information content (AvgIpc) is 2.98. The molecule has 0 aliphatic carbocycles. The molecule has 1 aliphatic rings. The number of ether oxygens (including phenoxy) is 1. The minimum atomic E-state index is -0.475. The van der Waals surface area contributed by atoms with Crippen molar-refractivity contribution in [1.29, 1.82) is 0 Å². The van der Waals surface area contributed by atoms with Crippen LogP contribution in [0, 0.1) is 6.92 Å². The molecule has 1 aromatic carbocycles. The van der Waals surface area contributed by atoms with Gasteiger partial charge in [0.2, 0.25) is 5.90 Å². The maximum absolute atomic E-state index is 11.8. The van der Waals surface area contributed by atoms with Gasteiger partial charge in [-0.2, -0.15) is 0 Å². The smallest absolute Gasteiger partial charge is 0.363 e. The molecule has 0 amide bonds. The van der Waals surface area contributed by atoms with Crippen molar-refractivity contribution in [1.82, 2.24) is 0 Å². The first-order valence-corrected chi connectivity index (χ1v) is 6.76. The fraction of sp³-hybridized carbons (Fsp3) is 0.0667. The van der Waals surface area contributed by atoms with Gasteiger partial charge >= 0.3 is 5.97 Å². The quantitative estimate of drug-likeness (QED) is 0.622. The summed E-state index contributed by atoms with van der Waals surface area (Å²) >= 11 is 3.35. The molecular weight excluding hydrogens is 322 g/mol. The van der Waals surface area contributed by atoms with Crippen LogP contribution in [0.15, 0.2) is 56.0 Å². The van der Waals surface area contributed by atoms with Crippen molar-refractivity contribution in [3.05, 3.63) is 63.7 Å². The molecule has 20 heavy (non-hydrogen) atoms. The molecule has 1 aliphatic heterocycles. The zero-order valence-corrected chi connectivity index (χ0v) is 12.2. The summed E-state index contributed by atoms with van der Waals surface area (Å²) in [5.41, 5.74) is 0.984. The van der Waals surface area contributed by atoms with Gasteiger partial charge in [0.15, 0.2) is 5.70 Å². The van der Waals surface area contributed by atoms with Crippen LogP contribution in [0.4, 0.5) is 0 Å². The minimum Gasteiger partial charge on any atom is -0.462 e. The third-order valence-corrected chi connectivity index (χ3v) is 3.28. The lowest BCUT2D eigenvalue weighted by molar-refractivity contribution is -0.129. The van der Waals surface area contributed by atoms with Gasteiger partial charge in [-0.1, -0.05) is 15.9 Å². The van der Waals surface area contributed by atoms with Gasteiger partial charge in [-0.15, -0.1) is 0 Å². The number of benzene rings is 1. The Balaban J connectivity index is 1.92. The van der Waals surface area contributed by atoms with Crippen LogP contribution >= 0.6 is 15.9 Å². The van der Waals surface area contributed by atoms with Gasteiger partial charge in [0, 0.05) is 16.1 Å². The fourth-order valence-electron chi connectivity index (χ4n) is 1.79. The van der Waals surface area contributed by atoms with Crippen LogP contribution < -0.4 is 0 Å². The van der Waals surface area contributed by atoms with Gasteiger partial charge in [0.1, 0.15) is 11.5 Å². The second-order valence-corrected chi connectivity index (χ2v) is 5.21. The highest BCUT2D eigenvalue weighted by atomic mass is 79.9. The second kappa shape index (κ2) is 5.09. The molecule has 0 unspecified atom stereocenters. The number of cyclic esters (lactones) is 1. The Kier molecular flexibility index (Phi) is 3.28. The van der Waals surface area contributed by atoms with E-state index in [9.17, 15) is 4.79 Å². The molecule has 4 nitrogen and oxygen atoms in total. The molecule has 0 radical (unpaired) electrons. The van der Waals surface area contributed by atoms with Crippen LogP contribution in [-0.2, 0) is 9.53 Å². The molecule has 2 heterocycles. The highest BCUT2D eigenvalue weighted by molar-refractivity contribution is 9.10. The third-order valence-electron chi connectivity index (χ3n) is 2.75. The zero-order valence-electron chi connectivity index (χ0n) is 10.6. The molecule has 0 fully saturated rings. The fourth-order valence-corrected chi connectivity index (χ4v) is 2.06. The lowest BCUT2D eigenvalue weighted by atomic mass is 10.2. The normalized spacial score (nSPS) is 16.4. The van der Waals surface area contributed by atoms with E-state index in [2.05, 4.69) is 20.9 Å². The summed E-state index contributed by atoms with van der Waals surface area (Å²) in [4.78, 5) is 16.0. The van der Waals surface area contributed by atoms with E-state index in [0.29, 0.717) is 11.7 Å². The standard InChI is InChI=1S/C15H10BrNO3/c1-9-2-7-12(19-9)8-13-15(18)20-14(17-13)10-3-5-11(16)6-4-10/h2-8H,1H3/b13-8+. The van der Waals surface area contributed by atoms with Crippen LogP contribution in [0.3, 0.4) is 0 Å². The van der Waals surface area contributed by atoms with E-state index < -0.39 is 5.97 Å². The first-order valence-electron chi connectivity index (χ1n) is 5.97. The molecule has 0 saturated heterocycles. The lowest BCUT2D eigenvalue weighted by Gasteiger charge is -1.98. The van der Waals surface area contributed by atoms with Crippen molar-refractivity contribution in [2.24, 2.45) is 4.99 Å². The number of rotatable bonds is 2. The Bertz CT molecular complexity index is 726. The predicted octanol–water partition coefficient (Wildman–Crippen LogP) is 3.70. The predicted molar refractivity (Wildman–Crippen MR) is 78.2 cm³/mol. The molecule has 0 spiro atoms. The SMILES string of the molecule is Cc1ccc(/C=C2/N=C(c3ccc(Br)cc3)OC2=O)o1. The van der Waals surface area contributed by atoms with E-state index in [0.717, 1.165) is 15.8 Å². The molecule has 0 bridgehead atoms. The van der Waals surface area contributed by atoms with Crippen LogP contribution in [0.1, 0.15) is 17.1 Å². The molecule has 3 rings (SSSR count). The van der Waals surface area contributed by atoms with Gasteiger partial charge < -0.3 is 9.15 Å². The maximum atomic E-state index is 11.8. The number of aliphatic imine (C=N–C) groups is 1. The lowest BCUT2D eigenvalue weighted by Crippen LogP contribution is -2.05. The third kappa shape index (κ3) is 2.58. The summed E-state index contributed by atoms with van der Waals surface area (Å²) < 4.78 is 11.5. The summed E-state index contributed by atoms with van der Waals surface area (Å²) in [6.07, 6.45) is 1.57. The monoisotopic (exact) mass is 331 g/mol. The van der Waals surface area contributed by atoms with Gasteiger partial charge in [-0.05, 0) is 43.3 Å². The van der Waals surface area contributed by atoms with Crippen molar-refractivity contribution in [2.45, 2.75) is 6.92 Å². The number of hydrogen-bond donors (Lipinski definition) is 0. The summed E-state index contributed by atoms with van der Waals surface area (Å²) in [5.74, 6) is 1.18. The van der Waals surface area contributed by atoms with Crippen molar-refractivity contribution in [2.75, 3.05) is 0 Å². The summed E-state index contributed by atoms with van der Waals surface area (Å²) in [5, 5.41) is 0. The number of carbonyl (C=O) groups is 1. The topological polar surface area (TPSA) is 51.8 Å². The first kappa shape index (κ1) is 12.9. The molecule has 2 aromatic rings. The Morgan fingerprint density at radius 1 is 1.15 bits per heavy atom. The molecular formula is C15H10BrNO3. The van der Waals surface area contributed by atoms with Crippen LogP contribution in [0.5, 0.6) is 0 Å². The Morgan fingerprint density at radius 3 is 2.55 bits per heavy atom. The Labute approximate surface area is 123 Å². The van der Waals surface area contributed by atoms with Crippen LogP contribution in [0.2, 0.25) is 0 Å². The number of aryl methyl sites for hydroxylation is 1. The van der Waals surface area contributed by atoms with Crippen molar-refractivity contribution in [3.63, 3.8) is 0 Å². The highest BCUT2D eigenvalue weighted by Gasteiger charge is 2.24. The largest absolute Gasteiger partial charge is 0.462 e. The molecule has 0 N–H and O–H groups in total. The zero-order chi connectivity index (χ0) is 14.1. The van der Waals surface area contributed by atoms with Gasteiger partial charge in [-0.25, -0.2) is 9.79 Å². The van der Waals surface area contributed by atoms with E-state index in [1.165, 1.54) is 0 Å². The molecule has 0 atom stereocenters. The minimum absolute atomic E-state index is 0.234. The van der Waals surface area contributed by atoms with Gasteiger partial charge in [-0.3, -0.25) is 0 Å². The number of esters is 1. The van der Waals surface area contributed by atoms with Crippen molar-refractivity contribution >= 4 is 33.9 Å². The second-order valence-electron chi connectivity index (χ2n) is 4.29. The Morgan fingerprint density at radius 2 is 1.90 bits per heavy atom. The summed E-state index contributed by atoms with van der Waals surface area (Å²) in [6, 6.07) is 11.0. The van der Waals surface area contributed by atoms with E-state index in [1.54, 1.807) is 12.1 Å². The number of hydrogen-bond acceptors (Lipinski definition) is 4. The van der Waals surface area contributed by atoms with E-state index in [1.807, 2.05) is 37.3 Å². The molecule has 100 valence electrons. The first-order chi connectivity index (χ1) is 9.61. The van der Waals surface area contributed by atoms with E-state index >= 15 is 0 Å². The number of furan rings is 1. The van der Waals surface area contributed by atoms with Gasteiger partial charge in [0.25, 0.3) is 0 Å². The maximum Gasteiger partial charge on any atom is 0.363 e. The molecule has 1 aromatic heterocycles. The van der Waals surface area contributed by atoms with E-state index in [4.69, 9.17) is 9.15 Å². The number of nitrogens with zero attached hydrogens (tertiary/aromatic N) is 1. The van der Waals surface area contributed by atoms with Crippen LogP contribution in [0.25, 0.3) is 6.08 Å². The van der Waals surface area contributed by atoms with Crippen molar-refractivity contribution in [3.8, 4) is 0 Å². The van der Waals surface area contributed by atoms with Crippen molar-refractivity contribution < 1.29 is 13.9 Å². The Hall–Kier alpha value is -2.14. The average molecular weight is 332 g/mol. The summed E-state index contributed by atoms with van der Waals surface area (Å²) in [7, 11) is 0. The molecule has 5 heteroatoms. The molecule has 0 saturated carbocycles. The highest BCUT2D eigenvalue weighted by Crippen LogP contribution is 2.21. The number of halogens is 1. The van der Waals surface area contributed by atoms with Gasteiger partial charge in [0.05, 0.1) is 0 Å². The summed E-state index contributed by atoms with van der Waals surface area (Å²) in [6.45, 7) is 1.84. The van der Waals surface area contributed by atoms with E-state index in [-0.39, 0.29) is 5.70 Å².